The lowest BCUT2D eigenvalue weighted by Crippen LogP contribution is -2.14. The number of benzene rings is 2. The largest absolute Gasteiger partial charge is 0.361 e. The Hall–Kier alpha value is -1.82. The lowest BCUT2D eigenvalue weighted by Gasteiger charge is -2.05. The third-order valence-corrected chi connectivity index (χ3v) is 3.81. The van der Waals surface area contributed by atoms with Gasteiger partial charge in [0.1, 0.15) is 0 Å². The number of nitrogens with one attached hydrogen (secondary N) is 2. The number of hydrogen-bond donors (Lipinski definition) is 2. The molecule has 4 heteroatoms. The van der Waals surface area contributed by atoms with Crippen LogP contribution in [0.25, 0.3) is 10.9 Å². The van der Waals surface area contributed by atoms with E-state index in [4.69, 9.17) is 0 Å². The van der Waals surface area contributed by atoms with Crippen molar-refractivity contribution in [1.82, 2.24) is 4.98 Å². The molecule has 0 aliphatic rings. The molecule has 0 radical (unpaired) electrons. The van der Waals surface area contributed by atoms with Gasteiger partial charge in [0, 0.05) is 26.4 Å². The van der Waals surface area contributed by atoms with E-state index in [-0.39, 0.29) is 5.91 Å². The molecular formula is C16H13IN2O. The molecule has 2 aromatic carbocycles. The predicted molar refractivity (Wildman–Crippen MR) is 89.8 cm³/mol. The highest BCUT2D eigenvalue weighted by molar-refractivity contribution is 14.1. The van der Waals surface area contributed by atoms with Crippen LogP contribution in [0.3, 0.4) is 0 Å². The first-order valence-electron chi connectivity index (χ1n) is 6.33. The average Bonchev–Trinajstić information content (AvgIpc) is 2.82. The van der Waals surface area contributed by atoms with Crippen molar-refractivity contribution >= 4 is 45.1 Å². The van der Waals surface area contributed by atoms with Crippen molar-refractivity contribution in [1.29, 1.82) is 0 Å². The Morgan fingerprint density at radius 2 is 2.00 bits per heavy atom. The van der Waals surface area contributed by atoms with Crippen molar-refractivity contribution < 1.29 is 4.79 Å². The number of anilines is 1. The molecule has 1 aromatic heterocycles. The van der Waals surface area contributed by atoms with Crippen LogP contribution >= 0.6 is 22.6 Å². The molecule has 0 atom stereocenters. The van der Waals surface area contributed by atoms with Crippen molar-refractivity contribution in [2.24, 2.45) is 0 Å². The van der Waals surface area contributed by atoms with Gasteiger partial charge in [0.15, 0.2) is 0 Å². The topological polar surface area (TPSA) is 44.9 Å². The van der Waals surface area contributed by atoms with E-state index in [9.17, 15) is 4.79 Å². The zero-order valence-corrected chi connectivity index (χ0v) is 12.8. The highest BCUT2D eigenvalue weighted by Crippen LogP contribution is 2.19. The van der Waals surface area contributed by atoms with Gasteiger partial charge in [0.05, 0.1) is 6.42 Å². The van der Waals surface area contributed by atoms with Gasteiger partial charge in [-0.3, -0.25) is 4.79 Å². The Labute approximate surface area is 130 Å². The fourth-order valence-electron chi connectivity index (χ4n) is 2.22. The molecule has 0 aliphatic heterocycles. The molecule has 0 saturated heterocycles. The second-order valence-electron chi connectivity index (χ2n) is 4.59. The fourth-order valence-corrected chi connectivity index (χ4v) is 2.77. The molecule has 1 amide bonds. The summed E-state index contributed by atoms with van der Waals surface area (Å²) in [6, 6.07) is 15.8. The minimum Gasteiger partial charge on any atom is -0.361 e. The summed E-state index contributed by atoms with van der Waals surface area (Å²) in [4.78, 5) is 15.3. The Morgan fingerprint density at radius 1 is 1.15 bits per heavy atom. The number of halogens is 1. The maximum Gasteiger partial charge on any atom is 0.228 e. The smallest absolute Gasteiger partial charge is 0.228 e. The number of aromatic amines is 1. The van der Waals surface area contributed by atoms with E-state index in [1.807, 2.05) is 54.7 Å². The number of amides is 1. The molecule has 2 N–H and O–H groups in total. The maximum atomic E-state index is 12.1. The third-order valence-electron chi connectivity index (χ3n) is 3.13. The van der Waals surface area contributed by atoms with E-state index < -0.39 is 0 Å². The average molecular weight is 376 g/mol. The van der Waals surface area contributed by atoms with E-state index in [0.29, 0.717) is 6.42 Å². The molecule has 0 spiro atoms. The van der Waals surface area contributed by atoms with Gasteiger partial charge in [0.25, 0.3) is 0 Å². The minimum absolute atomic E-state index is 0.00301. The molecule has 1 heterocycles. The second kappa shape index (κ2) is 5.66. The van der Waals surface area contributed by atoms with E-state index >= 15 is 0 Å². The highest BCUT2D eigenvalue weighted by Gasteiger charge is 2.08. The Bertz CT molecular complexity index is 764. The van der Waals surface area contributed by atoms with Crippen molar-refractivity contribution in [3.05, 3.63) is 63.9 Å². The summed E-state index contributed by atoms with van der Waals surface area (Å²) in [5.74, 6) is -0.00301. The first-order valence-corrected chi connectivity index (χ1v) is 7.41. The Kier molecular flexibility index (Phi) is 3.73. The van der Waals surface area contributed by atoms with E-state index in [2.05, 4.69) is 32.9 Å². The number of hydrogen-bond acceptors (Lipinski definition) is 1. The summed E-state index contributed by atoms with van der Waals surface area (Å²) in [5.41, 5.74) is 2.91. The molecule has 0 aliphatic carbocycles. The van der Waals surface area contributed by atoms with Crippen molar-refractivity contribution in [3.63, 3.8) is 0 Å². The summed E-state index contributed by atoms with van der Waals surface area (Å²) in [6.45, 7) is 0. The maximum absolute atomic E-state index is 12.1. The SMILES string of the molecule is O=C(Cc1c[nH]c2ccccc12)Nc1cccc(I)c1. The lowest BCUT2D eigenvalue weighted by atomic mass is 10.1. The number of aromatic nitrogens is 1. The van der Waals surface area contributed by atoms with Crippen LogP contribution in [0, 0.1) is 3.57 Å². The molecule has 3 nitrogen and oxygen atoms in total. The highest BCUT2D eigenvalue weighted by atomic mass is 127. The molecule has 0 bridgehead atoms. The number of carbonyl (C=O) groups excluding carboxylic acids is 1. The first-order chi connectivity index (χ1) is 9.72. The summed E-state index contributed by atoms with van der Waals surface area (Å²) >= 11 is 2.23. The van der Waals surface area contributed by atoms with Gasteiger partial charge in [0.2, 0.25) is 5.91 Å². The van der Waals surface area contributed by atoms with Gasteiger partial charge >= 0.3 is 0 Å². The van der Waals surface area contributed by atoms with Crippen LogP contribution < -0.4 is 5.32 Å². The monoisotopic (exact) mass is 376 g/mol. The third kappa shape index (κ3) is 2.85. The normalized spacial score (nSPS) is 10.7. The molecule has 3 aromatic rings. The molecule has 0 fully saturated rings. The van der Waals surface area contributed by atoms with Crippen LogP contribution in [0.5, 0.6) is 0 Å². The molecular weight excluding hydrogens is 363 g/mol. The van der Waals surface area contributed by atoms with Gasteiger partial charge in [-0.1, -0.05) is 24.3 Å². The van der Waals surface area contributed by atoms with Crippen LogP contribution in [0.4, 0.5) is 5.69 Å². The fraction of sp³-hybridized carbons (Fsp3) is 0.0625. The molecule has 0 unspecified atom stereocenters. The number of para-hydroxylation sites is 1. The summed E-state index contributed by atoms with van der Waals surface area (Å²) in [7, 11) is 0. The van der Waals surface area contributed by atoms with Gasteiger partial charge in [-0.15, -0.1) is 0 Å². The summed E-state index contributed by atoms with van der Waals surface area (Å²) in [6.07, 6.45) is 2.27. The second-order valence-corrected chi connectivity index (χ2v) is 5.84. The van der Waals surface area contributed by atoms with Crippen molar-refractivity contribution in [2.75, 3.05) is 5.32 Å². The number of fused-ring (bicyclic) bond motifs is 1. The first kappa shape index (κ1) is 13.2. The molecule has 20 heavy (non-hydrogen) atoms. The van der Waals surface area contributed by atoms with Gasteiger partial charge in [-0.25, -0.2) is 0 Å². The van der Waals surface area contributed by atoms with Crippen LogP contribution in [0.2, 0.25) is 0 Å². The molecule has 0 saturated carbocycles. The van der Waals surface area contributed by atoms with Gasteiger partial charge < -0.3 is 10.3 Å². The summed E-state index contributed by atoms with van der Waals surface area (Å²) in [5, 5.41) is 4.03. The van der Waals surface area contributed by atoms with Gasteiger partial charge in [-0.05, 0) is 52.4 Å². The zero-order chi connectivity index (χ0) is 13.9. The lowest BCUT2D eigenvalue weighted by molar-refractivity contribution is -0.115. The van der Waals surface area contributed by atoms with Crippen molar-refractivity contribution in [2.45, 2.75) is 6.42 Å². The van der Waals surface area contributed by atoms with Crippen LogP contribution in [0.15, 0.2) is 54.7 Å². The van der Waals surface area contributed by atoms with E-state index in [0.717, 1.165) is 25.7 Å². The van der Waals surface area contributed by atoms with E-state index in [1.54, 1.807) is 0 Å². The predicted octanol–water partition coefficient (Wildman–Crippen LogP) is 3.95. The standard InChI is InChI=1S/C16H13IN2O/c17-12-4-3-5-13(9-12)19-16(20)8-11-10-18-15-7-2-1-6-14(11)15/h1-7,9-10,18H,8H2,(H,19,20). The van der Waals surface area contributed by atoms with Crippen LogP contribution in [0.1, 0.15) is 5.56 Å². The number of rotatable bonds is 3. The Balaban J connectivity index is 1.76. The quantitative estimate of drug-likeness (QED) is 0.668. The molecule has 3 rings (SSSR count). The minimum atomic E-state index is -0.00301. The number of H-pyrrole nitrogens is 1. The molecule has 100 valence electrons. The Morgan fingerprint density at radius 3 is 2.85 bits per heavy atom. The number of carbonyl (C=O) groups is 1. The van der Waals surface area contributed by atoms with Crippen LogP contribution in [-0.4, -0.2) is 10.9 Å². The van der Waals surface area contributed by atoms with E-state index in [1.165, 1.54) is 0 Å². The van der Waals surface area contributed by atoms with Crippen LogP contribution in [-0.2, 0) is 11.2 Å². The van der Waals surface area contributed by atoms with Crippen molar-refractivity contribution in [3.8, 4) is 0 Å². The summed E-state index contributed by atoms with van der Waals surface area (Å²) < 4.78 is 1.10. The zero-order valence-electron chi connectivity index (χ0n) is 10.7. The van der Waals surface area contributed by atoms with Gasteiger partial charge in [-0.2, -0.15) is 0 Å².